The molecule has 0 amide bonds. The van der Waals surface area contributed by atoms with E-state index in [9.17, 15) is 0 Å². The minimum absolute atomic E-state index is 0.398. The normalized spacial score (nSPS) is 17.7. The molecule has 18 heavy (non-hydrogen) atoms. The van der Waals surface area contributed by atoms with Gasteiger partial charge in [0.05, 0.1) is 19.4 Å². The monoisotopic (exact) mass is 241 g/mol. The van der Waals surface area contributed by atoms with E-state index < -0.39 is 0 Å². The van der Waals surface area contributed by atoms with Crippen molar-refractivity contribution in [3.05, 3.63) is 54.4 Å². The van der Waals surface area contributed by atoms with Crippen LogP contribution in [0.4, 0.5) is 0 Å². The Morgan fingerprint density at radius 2 is 2.17 bits per heavy atom. The molecule has 0 bridgehead atoms. The Bertz CT molecular complexity index is 513. The molecule has 0 N–H and O–H groups in total. The van der Waals surface area contributed by atoms with Crippen molar-refractivity contribution in [2.75, 3.05) is 13.2 Å². The van der Waals surface area contributed by atoms with E-state index in [0.29, 0.717) is 12.5 Å². The van der Waals surface area contributed by atoms with Crippen LogP contribution in [0, 0.1) is 0 Å². The van der Waals surface area contributed by atoms with Crippen LogP contribution in [0.25, 0.3) is 0 Å². The van der Waals surface area contributed by atoms with E-state index in [1.165, 1.54) is 5.56 Å². The standard InChI is InChI=1S/C15H15NO2/c1-2-6-15-14(5-1)12(7-9-17-15)11-18-13-4-3-8-16-10-13/h1-6,8,10,12H,7,9,11H2. The molecule has 0 aliphatic carbocycles. The molecule has 1 aromatic heterocycles. The largest absolute Gasteiger partial charge is 0.493 e. The zero-order chi connectivity index (χ0) is 12.2. The number of hydrogen-bond acceptors (Lipinski definition) is 3. The second kappa shape index (κ2) is 5.08. The van der Waals surface area contributed by atoms with Crippen LogP contribution in [-0.2, 0) is 0 Å². The van der Waals surface area contributed by atoms with E-state index in [-0.39, 0.29) is 0 Å². The van der Waals surface area contributed by atoms with Crippen molar-refractivity contribution >= 4 is 0 Å². The summed E-state index contributed by atoms with van der Waals surface area (Å²) in [6, 6.07) is 12.0. The van der Waals surface area contributed by atoms with Crippen LogP contribution in [0.1, 0.15) is 17.9 Å². The Balaban J connectivity index is 1.71. The first-order valence-electron chi connectivity index (χ1n) is 6.18. The van der Waals surface area contributed by atoms with Gasteiger partial charge in [-0.25, -0.2) is 0 Å². The van der Waals surface area contributed by atoms with Gasteiger partial charge >= 0.3 is 0 Å². The Morgan fingerprint density at radius 1 is 1.22 bits per heavy atom. The molecule has 2 aromatic rings. The average Bonchev–Trinajstić information content (AvgIpc) is 2.46. The number of hydrogen-bond donors (Lipinski definition) is 0. The van der Waals surface area contributed by atoms with Crippen molar-refractivity contribution in [3.8, 4) is 11.5 Å². The van der Waals surface area contributed by atoms with Crippen LogP contribution in [-0.4, -0.2) is 18.2 Å². The molecule has 0 radical (unpaired) electrons. The summed E-state index contributed by atoms with van der Waals surface area (Å²) in [6.07, 6.45) is 4.49. The van der Waals surface area contributed by atoms with E-state index in [2.05, 4.69) is 11.1 Å². The summed E-state index contributed by atoms with van der Waals surface area (Å²) in [5, 5.41) is 0. The van der Waals surface area contributed by atoms with Gasteiger partial charge in [0.25, 0.3) is 0 Å². The van der Waals surface area contributed by atoms with Crippen molar-refractivity contribution in [1.82, 2.24) is 4.98 Å². The molecule has 0 saturated carbocycles. The van der Waals surface area contributed by atoms with E-state index in [1.807, 2.05) is 30.3 Å². The fourth-order valence-electron chi connectivity index (χ4n) is 2.22. The summed E-state index contributed by atoms with van der Waals surface area (Å²) in [6.45, 7) is 1.43. The molecule has 1 aliphatic heterocycles. The lowest BCUT2D eigenvalue weighted by atomic mass is 9.94. The predicted octanol–water partition coefficient (Wildman–Crippen LogP) is 3.03. The molecule has 92 valence electrons. The van der Waals surface area contributed by atoms with Crippen molar-refractivity contribution in [3.63, 3.8) is 0 Å². The van der Waals surface area contributed by atoms with Gasteiger partial charge in [-0.1, -0.05) is 18.2 Å². The van der Waals surface area contributed by atoms with E-state index >= 15 is 0 Å². The quantitative estimate of drug-likeness (QED) is 0.827. The molecular weight excluding hydrogens is 226 g/mol. The maximum absolute atomic E-state index is 5.78. The molecule has 1 atom stereocenters. The third kappa shape index (κ3) is 2.30. The third-order valence-electron chi connectivity index (χ3n) is 3.17. The third-order valence-corrected chi connectivity index (χ3v) is 3.17. The summed E-state index contributed by atoms with van der Waals surface area (Å²) in [5.41, 5.74) is 1.24. The van der Waals surface area contributed by atoms with Crippen molar-refractivity contribution in [1.29, 1.82) is 0 Å². The van der Waals surface area contributed by atoms with Gasteiger partial charge in [0.15, 0.2) is 0 Å². The topological polar surface area (TPSA) is 31.4 Å². The molecule has 1 aromatic carbocycles. The molecule has 1 aliphatic rings. The second-order valence-electron chi connectivity index (χ2n) is 4.37. The lowest BCUT2D eigenvalue weighted by Gasteiger charge is -2.25. The summed E-state index contributed by atoms with van der Waals surface area (Å²) in [4.78, 5) is 4.04. The van der Waals surface area contributed by atoms with Crippen molar-refractivity contribution in [2.45, 2.75) is 12.3 Å². The number of aromatic nitrogens is 1. The minimum atomic E-state index is 0.398. The first-order valence-corrected chi connectivity index (χ1v) is 6.18. The summed E-state index contributed by atoms with van der Waals surface area (Å²) >= 11 is 0. The van der Waals surface area contributed by atoms with E-state index in [0.717, 1.165) is 24.5 Å². The Hall–Kier alpha value is -2.03. The summed E-state index contributed by atoms with van der Waals surface area (Å²) in [7, 11) is 0. The molecular formula is C15H15NO2. The smallest absolute Gasteiger partial charge is 0.137 e. The molecule has 2 heterocycles. The number of fused-ring (bicyclic) bond motifs is 1. The van der Waals surface area contributed by atoms with Crippen LogP contribution < -0.4 is 9.47 Å². The highest BCUT2D eigenvalue weighted by molar-refractivity contribution is 5.37. The van der Waals surface area contributed by atoms with Gasteiger partial charge in [-0.15, -0.1) is 0 Å². The van der Waals surface area contributed by atoms with Crippen molar-refractivity contribution < 1.29 is 9.47 Å². The number of ether oxygens (including phenoxy) is 2. The molecule has 3 nitrogen and oxygen atoms in total. The lowest BCUT2D eigenvalue weighted by molar-refractivity contribution is 0.217. The fourth-order valence-corrected chi connectivity index (χ4v) is 2.22. The zero-order valence-corrected chi connectivity index (χ0v) is 10.1. The van der Waals surface area contributed by atoms with Crippen LogP contribution >= 0.6 is 0 Å². The molecule has 3 heteroatoms. The van der Waals surface area contributed by atoms with Gasteiger partial charge in [-0.05, 0) is 24.6 Å². The SMILES string of the molecule is c1cncc(OCC2CCOc3ccccc32)c1. The first-order chi connectivity index (χ1) is 8.93. The van der Waals surface area contributed by atoms with Crippen molar-refractivity contribution in [2.24, 2.45) is 0 Å². The van der Waals surface area contributed by atoms with Gasteiger partial charge in [-0.3, -0.25) is 4.98 Å². The number of nitrogens with zero attached hydrogens (tertiary/aromatic N) is 1. The van der Waals surface area contributed by atoms with Gasteiger partial charge in [-0.2, -0.15) is 0 Å². The minimum Gasteiger partial charge on any atom is -0.493 e. The van der Waals surface area contributed by atoms with Crippen LogP contribution in [0.5, 0.6) is 11.5 Å². The molecule has 1 unspecified atom stereocenters. The van der Waals surface area contributed by atoms with Crippen LogP contribution in [0.3, 0.4) is 0 Å². The van der Waals surface area contributed by atoms with Gasteiger partial charge < -0.3 is 9.47 Å². The maximum Gasteiger partial charge on any atom is 0.137 e. The molecule has 0 saturated heterocycles. The van der Waals surface area contributed by atoms with E-state index in [1.54, 1.807) is 12.4 Å². The maximum atomic E-state index is 5.78. The fraction of sp³-hybridized carbons (Fsp3) is 0.267. The highest BCUT2D eigenvalue weighted by Crippen LogP contribution is 2.33. The van der Waals surface area contributed by atoms with Gasteiger partial charge in [0, 0.05) is 17.7 Å². The van der Waals surface area contributed by atoms with Gasteiger partial charge in [0.1, 0.15) is 11.5 Å². The molecule has 0 fully saturated rings. The zero-order valence-electron chi connectivity index (χ0n) is 10.1. The Labute approximate surface area is 106 Å². The predicted molar refractivity (Wildman–Crippen MR) is 69.0 cm³/mol. The highest BCUT2D eigenvalue weighted by atomic mass is 16.5. The summed E-state index contributed by atoms with van der Waals surface area (Å²) < 4.78 is 11.4. The number of benzene rings is 1. The Kier molecular flexibility index (Phi) is 3.13. The summed E-state index contributed by atoms with van der Waals surface area (Å²) in [5.74, 6) is 2.21. The molecule has 3 rings (SSSR count). The van der Waals surface area contributed by atoms with Crippen LogP contribution in [0.15, 0.2) is 48.8 Å². The second-order valence-corrected chi connectivity index (χ2v) is 4.37. The number of pyridine rings is 1. The Morgan fingerprint density at radius 3 is 3.06 bits per heavy atom. The number of para-hydroxylation sites is 1. The van der Waals surface area contributed by atoms with E-state index in [4.69, 9.17) is 9.47 Å². The number of rotatable bonds is 3. The first kappa shape index (κ1) is 11.1. The lowest BCUT2D eigenvalue weighted by Crippen LogP contribution is -2.19. The van der Waals surface area contributed by atoms with Crippen LogP contribution in [0.2, 0.25) is 0 Å². The van der Waals surface area contributed by atoms with Gasteiger partial charge in [0.2, 0.25) is 0 Å². The highest BCUT2D eigenvalue weighted by Gasteiger charge is 2.21. The molecule has 0 spiro atoms. The average molecular weight is 241 g/mol.